The van der Waals surface area contributed by atoms with Crippen LogP contribution in [0, 0.1) is 0 Å². The molecule has 0 bridgehead atoms. The van der Waals surface area contributed by atoms with E-state index in [1.165, 1.54) is 26.8 Å². The van der Waals surface area contributed by atoms with Gasteiger partial charge < -0.3 is 24.5 Å². The molecule has 0 fully saturated rings. The first-order valence-corrected chi connectivity index (χ1v) is 11.0. The first kappa shape index (κ1) is 24.8. The van der Waals surface area contributed by atoms with Crippen LogP contribution in [0.15, 0.2) is 64.6 Å². The second kappa shape index (κ2) is 12.4. The molecular formula is C23H24BrN5O5. The highest BCUT2D eigenvalue weighted by molar-refractivity contribution is 9.10. The summed E-state index contributed by atoms with van der Waals surface area (Å²) in [4.78, 5) is 32.0. The number of imidazole rings is 1. The Kier molecular flexibility index (Phi) is 9.04. The quantitative estimate of drug-likeness (QED) is 0.273. The van der Waals surface area contributed by atoms with Crippen molar-refractivity contribution in [2.45, 2.75) is 19.1 Å². The second-order valence-corrected chi connectivity index (χ2v) is 7.86. The normalized spacial score (nSPS) is 11.6. The molecule has 1 heterocycles. The van der Waals surface area contributed by atoms with Gasteiger partial charge in [0.25, 0.3) is 5.91 Å². The van der Waals surface area contributed by atoms with Crippen LogP contribution in [0.3, 0.4) is 0 Å². The van der Waals surface area contributed by atoms with Gasteiger partial charge in [0, 0.05) is 28.3 Å². The Morgan fingerprint density at radius 2 is 1.91 bits per heavy atom. The van der Waals surface area contributed by atoms with Gasteiger partial charge in [-0.3, -0.25) is 4.79 Å². The molecule has 1 atom stereocenters. The van der Waals surface area contributed by atoms with E-state index in [0.717, 1.165) is 5.56 Å². The molecule has 0 saturated heterocycles. The Morgan fingerprint density at radius 1 is 1.18 bits per heavy atom. The molecule has 3 N–H and O–H groups in total. The molecule has 0 aliphatic carbocycles. The number of hydrogen-bond acceptors (Lipinski definition) is 7. The Morgan fingerprint density at radius 3 is 2.59 bits per heavy atom. The molecule has 34 heavy (non-hydrogen) atoms. The fraction of sp³-hybridized carbons (Fsp3) is 0.217. The zero-order chi connectivity index (χ0) is 24.3. The molecule has 3 aromatic rings. The molecule has 0 radical (unpaired) electrons. The number of alkyl carbamates (subject to hydrolysis) is 1. The summed E-state index contributed by atoms with van der Waals surface area (Å²) in [7, 11) is 3.06. The molecule has 10 nitrogen and oxygen atoms in total. The van der Waals surface area contributed by atoms with Crippen molar-refractivity contribution < 1.29 is 23.8 Å². The molecular weight excluding hydrogens is 506 g/mol. The van der Waals surface area contributed by atoms with Crippen LogP contribution in [0.2, 0.25) is 0 Å². The van der Waals surface area contributed by atoms with Gasteiger partial charge in [0.15, 0.2) is 11.5 Å². The van der Waals surface area contributed by atoms with Crippen LogP contribution in [0.1, 0.15) is 16.8 Å². The third-order valence-corrected chi connectivity index (χ3v) is 5.37. The molecule has 3 rings (SSSR count). The van der Waals surface area contributed by atoms with E-state index in [1.807, 2.05) is 30.3 Å². The number of nitrogens with one attached hydrogen (secondary N) is 3. The fourth-order valence-corrected chi connectivity index (χ4v) is 3.37. The third kappa shape index (κ3) is 7.07. The number of carbonyl (C=O) groups excluding carboxylic acids is 2. The molecule has 0 aliphatic heterocycles. The number of aromatic nitrogens is 2. The summed E-state index contributed by atoms with van der Waals surface area (Å²) in [6.07, 6.45) is 3.95. The van der Waals surface area contributed by atoms with Crippen molar-refractivity contribution in [3.05, 3.63) is 76.3 Å². The van der Waals surface area contributed by atoms with E-state index in [4.69, 9.17) is 14.2 Å². The van der Waals surface area contributed by atoms with Gasteiger partial charge in [-0.2, -0.15) is 5.10 Å². The van der Waals surface area contributed by atoms with Crippen molar-refractivity contribution in [3.63, 3.8) is 0 Å². The number of nitrogens with zero attached hydrogens (tertiary/aromatic N) is 2. The van der Waals surface area contributed by atoms with E-state index < -0.39 is 18.0 Å². The van der Waals surface area contributed by atoms with Crippen LogP contribution >= 0.6 is 15.9 Å². The van der Waals surface area contributed by atoms with Crippen LogP contribution in [-0.4, -0.2) is 48.4 Å². The number of halogens is 1. The highest BCUT2D eigenvalue weighted by atomic mass is 79.9. The van der Waals surface area contributed by atoms with Gasteiger partial charge >= 0.3 is 6.09 Å². The fourth-order valence-electron chi connectivity index (χ4n) is 2.94. The van der Waals surface area contributed by atoms with Gasteiger partial charge in [-0.15, -0.1) is 0 Å². The lowest BCUT2D eigenvalue weighted by atomic mass is 10.1. The predicted octanol–water partition coefficient (Wildman–Crippen LogP) is 3.18. The number of methoxy groups -OCH3 is 2. The maximum absolute atomic E-state index is 12.8. The first-order valence-electron chi connectivity index (χ1n) is 10.2. The number of amides is 2. The minimum absolute atomic E-state index is 0.0799. The molecule has 2 aromatic carbocycles. The Labute approximate surface area is 204 Å². The molecule has 11 heteroatoms. The smallest absolute Gasteiger partial charge is 0.408 e. The molecule has 0 aliphatic rings. The SMILES string of the molecule is COc1cc(Br)c(/C=N\NC(=O)[C@H](Cc2cnc[nH]2)NC(=O)OCc2ccccc2)cc1OC. The van der Waals surface area contributed by atoms with E-state index in [1.54, 1.807) is 18.3 Å². The van der Waals surface area contributed by atoms with Gasteiger partial charge in [0.05, 0.1) is 26.8 Å². The van der Waals surface area contributed by atoms with Crippen molar-refractivity contribution in [3.8, 4) is 11.5 Å². The van der Waals surface area contributed by atoms with Gasteiger partial charge in [0.2, 0.25) is 0 Å². The molecule has 0 spiro atoms. The number of benzene rings is 2. The van der Waals surface area contributed by atoms with Crippen LogP contribution in [0.25, 0.3) is 0 Å². The summed E-state index contributed by atoms with van der Waals surface area (Å²) in [5.74, 6) is 0.533. The monoisotopic (exact) mass is 529 g/mol. The number of H-pyrrole nitrogens is 1. The Balaban J connectivity index is 1.65. The van der Waals surface area contributed by atoms with E-state index >= 15 is 0 Å². The standard InChI is InChI=1S/C23H24BrN5O5/c1-32-20-8-16(18(24)10-21(20)33-2)11-27-29-22(30)19(9-17-12-25-14-26-17)28-23(31)34-13-15-6-4-3-5-7-15/h3-8,10-12,14,19H,9,13H2,1-2H3,(H,25,26)(H,28,31)(H,29,30)/b27-11-/t19-/m0/s1. The highest BCUT2D eigenvalue weighted by Gasteiger charge is 2.22. The van der Waals surface area contributed by atoms with Crippen LogP contribution in [0.4, 0.5) is 4.79 Å². The third-order valence-electron chi connectivity index (χ3n) is 4.68. The van der Waals surface area contributed by atoms with Gasteiger partial charge in [-0.25, -0.2) is 15.2 Å². The first-order chi connectivity index (χ1) is 16.5. The Hall–Kier alpha value is -3.86. The molecule has 178 valence electrons. The van der Waals surface area contributed by atoms with Crippen molar-refractivity contribution in [2.75, 3.05) is 14.2 Å². The zero-order valence-corrected chi connectivity index (χ0v) is 20.2. The molecule has 2 amide bonds. The lowest BCUT2D eigenvalue weighted by Crippen LogP contribution is -2.47. The van der Waals surface area contributed by atoms with E-state index in [-0.39, 0.29) is 13.0 Å². The minimum Gasteiger partial charge on any atom is -0.493 e. The number of hydrazone groups is 1. The van der Waals surface area contributed by atoms with Gasteiger partial charge in [-0.1, -0.05) is 30.3 Å². The van der Waals surface area contributed by atoms with Crippen LogP contribution in [0.5, 0.6) is 11.5 Å². The van der Waals surface area contributed by atoms with Crippen molar-refractivity contribution in [2.24, 2.45) is 5.10 Å². The van der Waals surface area contributed by atoms with Crippen molar-refractivity contribution in [1.29, 1.82) is 0 Å². The number of aromatic amines is 1. The van der Waals surface area contributed by atoms with Crippen LogP contribution in [-0.2, 0) is 22.6 Å². The topological polar surface area (TPSA) is 127 Å². The average Bonchev–Trinajstić information content (AvgIpc) is 3.36. The van der Waals surface area contributed by atoms with E-state index in [0.29, 0.717) is 27.2 Å². The molecule has 1 aromatic heterocycles. The number of rotatable bonds is 10. The highest BCUT2D eigenvalue weighted by Crippen LogP contribution is 2.32. The number of carbonyl (C=O) groups is 2. The maximum Gasteiger partial charge on any atom is 0.408 e. The molecule has 0 saturated carbocycles. The minimum atomic E-state index is -0.949. The second-order valence-electron chi connectivity index (χ2n) is 7.00. The van der Waals surface area contributed by atoms with E-state index in [9.17, 15) is 9.59 Å². The van der Waals surface area contributed by atoms with Crippen molar-refractivity contribution >= 4 is 34.1 Å². The lowest BCUT2D eigenvalue weighted by Gasteiger charge is -2.16. The summed E-state index contributed by atoms with van der Waals surface area (Å²) >= 11 is 3.43. The van der Waals surface area contributed by atoms with E-state index in [2.05, 4.69) is 41.7 Å². The average molecular weight is 530 g/mol. The predicted molar refractivity (Wildman–Crippen MR) is 129 cm³/mol. The summed E-state index contributed by atoms with van der Waals surface area (Å²) < 4.78 is 16.5. The largest absolute Gasteiger partial charge is 0.493 e. The number of hydrogen-bond donors (Lipinski definition) is 3. The summed E-state index contributed by atoms with van der Waals surface area (Å²) in [6.45, 7) is 0.0799. The Bertz CT molecular complexity index is 1120. The summed E-state index contributed by atoms with van der Waals surface area (Å²) in [5, 5.41) is 6.59. The lowest BCUT2D eigenvalue weighted by molar-refractivity contribution is -0.123. The van der Waals surface area contributed by atoms with Crippen molar-refractivity contribution in [1.82, 2.24) is 20.7 Å². The maximum atomic E-state index is 12.8. The van der Waals surface area contributed by atoms with Crippen LogP contribution < -0.4 is 20.2 Å². The summed E-state index contributed by atoms with van der Waals surface area (Å²) in [6, 6.07) is 11.7. The summed E-state index contributed by atoms with van der Waals surface area (Å²) in [5.41, 5.74) is 4.59. The molecule has 0 unspecified atom stereocenters. The number of ether oxygens (including phenoxy) is 3. The zero-order valence-electron chi connectivity index (χ0n) is 18.6. The van der Waals surface area contributed by atoms with Gasteiger partial charge in [0.1, 0.15) is 12.6 Å². The van der Waals surface area contributed by atoms with Gasteiger partial charge in [-0.05, 0) is 33.6 Å².